The number of amides is 4. The molecule has 2 rings (SSSR count). The van der Waals surface area contributed by atoms with Gasteiger partial charge in [0.2, 0.25) is 11.8 Å². The molecular formula is C30H41ClN4O6. The lowest BCUT2D eigenvalue weighted by atomic mass is 9.90. The van der Waals surface area contributed by atoms with Crippen LogP contribution in [0.4, 0.5) is 10.5 Å². The molecular weight excluding hydrogens is 548 g/mol. The number of nitrogens with one attached hydrogen (secondary N) is 2. The van der Waals surface area contributed by atoms with Gasteiger partial charge in [0.1, 0.15) is 23.4 Å². The van der Waals surface area contributed by atoms with Gasteiger partial charge in [-0.3, -0.25) is 14.4 Å². The maximum absolute atomic E-state index is 14.3. The van der Waals surface area contributed by atoms with Gasteiger partial charge in [-0.25, -0.2) is 4.79 Å². The molecule has 10 nitrogen and oxygen atoms in total. The highest BCUT2D eigenvalue weighted by Crippen LogP contribution is 2.38. The average molecular weight is 589 g/mol. The maximum Gasteiger partial charge on any atom is 0.408 e. The van der Waals surface area contributed by atoms with E-state index in [4.69, 9.17) is 22.1 Å². The smallest absolute Gasteiger partial charge is 0.408 e. The molecule has 2 aromatic carbocycles. The van der Waals surface area contributed by atoms with Crippen molar-refractivity contribution in [3.8, 4) is 5.75 Å². The minimum atomic E-state index is -1.46. The first-order valence-corrected chi connectivity index (χ1v) is 13.7. The van der Waals surface area contributed by atoms with Crippen molar-refractivity contribution in [2.75, 3.05) is 5.32 Å². The molecule has 2 atom stereocenters. The van der Waals surface area contributed by atoms with Crippen LogP contribution in [-0.2, 0) is 19.1 Å². The Labute approximate surface area is 246 Å². The highest BCUT2D eigenvalue weighted by atomic mass is 35.5. The van der Waals surface area contributed by atoms with Crippen LogP contribution in [-0.4, -0.2) is 51.0 Å². The molecule has 4 amide bonds. The number of ether oxygens (including phenoxy) is 1. The molecule has 41 heavy (non-hydrogen) atoms. The number of phenolic OH excluding ortho intramolecular Hbond substituents is 1. The Kier molecular flexibility index (Phi) is 10.8. The highest BCUT2D eigenvalue weighted by molar-refractivity contribution is 6.34. The zero-order valence-corrected chi connectivity index (χ0v) is 25.7. The number of anilines is 1. The monoisotopic (exact) mass is 588 g/mol. The van der Waals surface area contributed by atoms with Gasteiger partial charge in [0.15, 0.2) is 0 Å². The number of benzene rings is 2. The normalized spacial score (nSPS) is 13.1. The van der Waals surface area contributed by atoms with Gasteiger partial charge in [-0.15, -0.1) is 0 Å². The van der Waals surface area contributed by atoms with Crippen LogP contribution in [0, 0.1) is 13.8 Å². The number of alkyl carbamates (subject to hydrolysis) is 1. The molecule has 0 saturated heterocycles. The van der Waals surface area contributed by atoms with Crippen molar-refractivity contribution in [3.05, 3.63) is 58.1 Å². The van der Waals surface area contributed by atoms with E-state index in [9.17, 15) is 24.3 Å². The number of aryl methyl sites for hydroxylation is 2. The van der Waals surface area contributed by atoms with Gasteiger partial charge in [-0.2, -0.15) is 0 Å². The summed E-state index contributed by atoms with van der Waals surface area (Å²) < 4.78 is 5.32. The standard InChI is InChI=1S/C30H41ClN4O6/c1-9-30(7,8)35(27(39)21(16-22(32)36)33-28(40)41-29(4,5)6)24(19-14-10-13-18(3)25(19)37)26(38)34-23-17(2)12-11-15-20(23)31/h10-15,21,24,37H,9,16H2,1-8H3,(H2,32,36)(H,33,40)(H,34,38). The number of primary amides is 1. The van der Waals surface area contributed by atoms with Gasteiger partial charge in [-0.1, -0.05) is 48.9 Å². The van der Waals surface area contributed by atoms with Gasteiger partial charge < -0.3 is 31.1 Å². The molecule has 11 heteroatoms. The lowest BCUT2D eigenvalue weighted by Gasteiger charge is -2.44. The molecule has 224 valence electrons. The van der Waals surface area contributed by atoms with Crippen LogP contribution in [0.25, 0.3) is 0 Å². The van der Waals surface area contributed by atoms with E-state index in [-0.39, 0.29) is 16.3 Å². The van der Waals surface area contributed by atoms with Crippen LogP contribution in [0.5, 0.6) is 5.75 Å². The first kappa shape index (κ1) is 33.4. The minimum Gasteiger partial charge on any atom is -0.507 e. The first-order valence-electron chi connectivity index (χ1n) is 13.3. The number of carbonyl (C=O) groups is 4. The molecule has 0 aliphatic rings. The predicted molar refractivity (Wildman–Crippen MR) is 159 cm³/mol. The van der Waals surface area contributed by atoms with E-state index in [1.54, 1.807) is 84.9 Å². The third kappa shape index (κ3) is 8.60. The lowest BCUT2D eigenvalue weighted by molar-refractivity contribution is -0.148. The molecule has 0 radical (unpaired) electrons. The van der Waals surface area contributed by atoms with E-state index in [2.05, 4.69) is 10.6 Å². The van der Waals surface area contributed by atoms with E-state index in [0.29, 0.717) is 23.2 Å². The largest absolute Gasteiger partial charge is 0.507 e. The first-order chi connectivity index (χ1) is 18.9. The SMILES string of the molecule is CCC(C)(C)N(C(=O)C(CC(N)=O)NC(=O)OC(C)(C)C)C(C(=O)Nc1c(C)cccc1Cl)c1cccc(C)c1O. The van der Waals surface area contributed by atoms with Crippen LogP contribution >= 0.6 is 11.6 Å². The molecule has 0 heterocycles. The van der Waals surface area contributed by atoms with Crippen LogP contribution < -0.4 is 16.4 Å². The molecule has 0 aliphatic carbocycles. The number of halogens is 1. The van der Waals surface area contributed by atoms with Crippen LogP contribution in [0.15, 0.2) is 36.4 Å². The van der Waals surface area contributed by atoms with Crippen molar-refractivity contribution < 1.29 is 29.0 Å². The Balaban J connectivity index is 2.76. The highest BCUT2D eigenvalue weighted by Gasteiger charge is 2.44. The molecule has 5 N–H and O–H groups in total. The quantitative estimate of drug-likeness (QED) is 0.302. The summed E-state index contributed by atoms with van der Waals surface area (Å²) in [5, 5.41) is 16.7. The Morgan fingerprint density at radius 1 is 1.02 bits per heavy atom. The van der Waals surface area contributed by atoms with Crippen LogP contribution in [0.3, 0.4) is 0 Å². The summed E-state index contributed by atoms with van der Waals surface area (Å²) in [5.74, 6) is -2.45. The van der Waals surface area contributed by atoms with Crippen molar-refractivity contribution in [2.24, 2.45) is 5.73 Å². The molecule has 0 bridgehead atoms. The number of aromatic hydroxyl groups is 1. The molecule has 0 spiro atoms. The summed E-state index contributed by atoms with van der Waals surface area (Å²) in [6.45, 7) is 13.7. The van der Waals surface area contributed by atoms with Crippen LogP contribution in [0.1, 0.15) is 77.1 Å². The third-order valence-corrected chi connectivity index (χ3v) is 7.00. The number of hydrogen-bond donors (Lipinski definition) is 4. The van der Waals surface area contributed by atoms with Crippen molar-refractivity contribution in [1.29, 1.82) is 0 Å². The summed E-state index contributed by atoms with van der Waals surface area (Å²) in [4.78, 5) is 54.5. The van der Waals surface area contributed by atoms with Crippen molar-refractivity contribution in [1.82, 2.24) is 10.2 Å². The molecule has 0 saturated carbocycles. The van der Waals surface area contributed by atoms with Crippen LogP contribution in [0.2, 0.25) is 5.02 Å². The Bertz CT molecular complexity index is 1280. The fourth-order valence-corrected chi connectivity index (χ4v) is 4.52. The van der Waals surface area contributed by atoms with E-state index in [1.807, 2.05) is 6.92 Å². The van der Waals surface area contributed by atoms with Gasteiger partial charge >= 0.3 is 6.09 Å². The zero-order valence-electron chi connectivity index (χ0n) is 24.9. The predicted octanol–water partition coefficient (Wildman–Crippen LogP) is 5.13. The second kappa shape index (κ2) is 13.2. The molecule has 2 unspecified atom stereocenters. The molecule has 0 aliphatic heterocycles. The second-order valence-electron chi connectivity index (χ2n) is 11.6. The molecule has 2 aromatic rings. The van der Waals surface area contributed by atoms with E-state index in [0.717, 1.165) is 0 Å². The zero-order chi connectivity index (χ0) is 31.3. The topological polar surface area (TPSA) is 151 Å². The Morgan fingerprint density at radius 3 is 2.15 bits per heavy atom. The Hall–Kier alpha value is -3.79. The number of nitrogens with zero attached hydrogens (tertiary/aromatic N) is 1. The summed E-state index contributed by atoms with van der Waals surface area (Å²) >= 11 is 6.40. The maximum atomic E-state index is 14.3. The number of rotatable bonds is 10. The van der Waals surface area contributed by atoms with Crippen molar-refractivity contribution in [3.63, 3.8) is 0 Å². The number of hydrogen-bond acceptors (Lipinski definition) is 6. The number of carbonyl (C=O) groups excluding carboxylic acids is 4. The molecule has 0 aromatic heterocycles. The van der Waals surface area contributed by atoms with E-state index < -0.39 is 53.5 Å². The summed E-state index contributed by atoms with van der Waals surface area (Å²) in [5.41, 5.74) is 5.23. The molecule has 0 fully saturated rings. The van der Waals surface area contributed by atoms with Gasteiger partial charge in [-0.05, 0) is 72.1 Å². The number of phenols is 1. The fourth-order valence-electron chi connectivity index (χ4n) is 4.25. The number of para-hydroxylation sites is 2. The van der Waals surface area contributed by atoms with Crippen molar-refractivity contribution >= 4 is 41.1 Å². The fraction of sp³-hybridized carbons (Fsp3) is 0.467. The minimum absolute atomic E-state index is 0.150. The van der Waals surface area contributed by atoms with Gasteiger partial charge in [0.05, 0.1) is 17.1 Å². The Morgan fingerprint density at radius 2 is 1.61 bits per heavy atom. The number of nitrogens with two attached hydrogens (primary N) is 1. The third-order valence-electron chi connectivity index (χ3n) is 6.69. The average Bonchev–Trinajstić information content (AvgIpc) is 2.84. The van der Waals surface area contributed by atoms with Gasteiger partial charge in [0.25, 0.3) is 5.91 Å². The van der Waals surface area contributed by atoms with Gasteiger partial charge in [0, 0.05) is 11.1 Å². The summed E-state index contributed by atoms with van der Waals surface area (Å²) in [6, 6.07) is 7.15. The van der Waals surface area contributed by atoms with E-state index in [1.165, 1.54) is 4.90 Å². The summed E-state index contributed by atoms with van der Waals surface area (Å²) in [7, 11) is 0. The second-order valence-corrected chi connectivity index (χ2v) is 12.0. The van der Waals surface area contributed by atoms with E-state index >= 15 is 0 Å². The lowest BCUT2D eigenvalue weighted by Crippen LogP contribution is -2.59. The summed E-state index contributed by atoms with van der Waals surface area (Å²) in [6.07, 6.45) is -1.11. The van der Waals surface area contributed by atoms with Crippen molar-refractivity contribution in [2.45, 2.75) is 91.5 Å².